The standard InChI is InChI=1S/C4H5ClO4/c1-3(6)9-8-2-4(5)7/h2H2,1H3. The molecule has 0 aliphatic carbocycles. The van der Waals surface area contributed by atoms with E-state index in [-0.39, 0.29) is 0 Å². The van der Waals surface area contributed by atoms with Crippen molar-refractivity contribution in [2.45, 2.75) is 6.92 Å². The predicted octanol–water partition coefficient (Wildman–Crippen LogP) is 0.246. The van der Waals surface area contributed by atoms with Crippen molar-refractivity contribution < 1.29 is 19.4 Å². The highest BCUT2D eigenvalue weighted by Gasteiger charge is 1.97. The number of halogens is 1. The minimum Gasteiger partial charge on any atom is -0.298 e. The molecule has 0 amide bonds. The third-order valence-electron chi connectivity index (χ3n) is 0.349. The molecular weight excluding hydrogens is 147 g/mol. The van der Waals surface area contributed by atoms with Crippen LogP contribution in [0.1, 0.15) is 6.92 Å². The molecule has 0 spiro atoms. The molecule has 4 nitrogen and oxygen atoms in total. The molecule has 9 heavy (non-hydrogen) atoms. The van der Waals surface area contributed by atoms with Crippen LogP contribution in [-0.2, 0) is 19.4 Å². The highest BCUT2D eigenvalue weighted by atomic mass is 35.5. The molecule has 0 N–H and O–H groups in total. The van der Waals surface area contributed by atoms with E-state index in [4.69, 9.17) is 11.6 Å². The molecule has 0 saturated carbocycles. The van der Waals surface area contributed by atoms with Gasteiger partial charge in [-0.1, -0.05) is 0 Å². The lowest BCUT2D eigenvalue weighted by molar-refractivity contribution is -0.264. The zero-order valence-electron chi connectivity index (χ0n) is 4.72. The molecule has 0 aromatic carbocycles. The van der Waals surface area contributed by atoms with Crippen LogP contribution >= 0.6 is 11.6 Å². The molecule has 0 aliphatic rings. The molecule has 5 heteroatoms. The Bertz CT molecular complexity index is 108. The van der Waals surface area contributed by atoms with Gasteiger partial charge in [-0.3, -0.25) is 9.68 Å². The van der Waals surface area contributed by atoms with Crippen molar-refractivity contribution in [2.75, 3.05) is 6.61 Å². The summed E-state index contributed by atoms with van der Waals surface area (Å²) in [6, 6.07) is 0. The van der Waals surface area contributed by atoms with E-state index < -0.39 is 17.8 Å². The second-order valence-electron chi connectivity index (χ2n) is 1.19. The van der Waals surface area contributed by atoms with Gasteiger partial charge in [0, 0.05) is 6.92 Å². The minimum atomic E-state index is -0.712. The third-order valence-corrected chi connectivity index (χ3v) is 0.458. The zero-order chi connectivity index (χ0) is 7.28. The first-order valence-corrected chi connectivity index (χ1v) is 2.49. The van der Waals surface area contributed by atoms with Crippen LogP contribution in [0.2, 0.25) is 0 Å². The molecule has 0 atom stereocenters. The number of hydrogen-bond acceptors (Lipinski definition) is 4. The summed E-state index contributed by atoms with van der Waals surface area (Å²) in [6.07, 6.45) is 0. The summed E-state index contributed by atoms with van der Waals surface area (Å²) in [5.74, 6) is -0.618. The van der Waals surface area contributed by atoms with Gasteiger partial charge in [0.2, 0.25) is 0 Å². The Kier molecular flexibility index (Phi) is 4.00. The van der Waals surface area contributed by atoms with Gasteiger partial charge in [-0.15, -0.1) is 0 Å². The lowest BCUT2D eigenvalue weighted by Crippen LogP contribution is -2.05. The van der Waals surface area contributed by atoms with Gasteiger partial charge in [0.25, 0.3) is 5.24 Å². The van der Waals surface area contributed by atoms with Crippen molar-refractivity contribution in [3.8, 4) is 0 Å². The fourth-order valence-corrected chi connectivity index (χ4v) is 0.203. The first-order valence-electron chi connectivity index (χ1n) is 2.11. The SMILES string of the molecule is CC(=O)OOCC(=O)Cl. The van der Waals surface area contributed by atoms with Gasteiger partial charge in [0.1, 0.15) is 0 Å². The van der Waals surface area contributed by atoms with Crippen LogP contribution in [0.25, 0.3) is 0 Å². The van der Waals surface area contributed by atoms with Crippen LogP contribution in [0, 0.1) is 0 Å². The highest BCUT2D eigenvalue weighted by molar-refractivity contribution is 6.63. The minimum absolute atomic E-state index is 0.416. The maximum Gasteiger partial charge on any atom is 0.339 e. The van der Waals surface area contributed by atoms with E-state index >= 15 is 0 Å². The quantitative estimate of drug-likeness (QED) is 0.330. The van der Waals surface area contributed by atoms with Crippen molar-refractivity contribution in [3.05, 3.63) is 0 Å². The first-order chi connectivity index (χ1) is 4.13. The van der Waals surface area contributed by atoms with Crippen molar-refractivity contribution in [1.29, 1.82) is 0 Å². The van der Waals surface area contributed by atoms with Gasteiger partial charge >= 0.3 is 5.97 Å². The molecule has 0 aromatic rings. The average molecular weight is 153 g/mol. The van der Waals surface area contributed by atoms with Gasteiger partial charge in [-0.25, -0.2) is 4.79 Å². The largest absolute Gasteiger partial charge is 0.339 e. The highest BCUT2D eigenvalue weighted by Crippen LogP contribution is 1.83. The monoisotopic (exact) mass is 152 g/mol. The summed E-state index contributed by atoms with van der Waals surface area (Å²) < 4.78 is 0. The van der Waals surface area contributed by atoms with Gasteiger partial charge < -0.3 is 0 Å². The normalized spacial score (nSPS) is 8.67. The van der Waals surface area contributed by atoms with Gasteiger partial charge in [0.15, 0.2) is 6.61 Å². The summed E-state index contributed by atoms with van der Waals surface area (Å²) in [5, 5.41) is -0.712. The molecule has 0 fully saturated rings. The molecule has 52 valence electrons. The summed E-state index contributed by atoms with van der Waals surface area (Å²) in [4.78, 5) is 27.7. The Morgan fingerprint density at radius 1 is 1.56 bits per heavy atom. The lowest BCUT2D eigenvalue weighted by Gasteiger charge is -1.94. The van der Waals surface area contributed by atoms with Gasteiger partial charge in [-0.05, 0) is 11.6 Å². The Balaban J connectivity index is 3.10. The van der Waals surface area contributed by atoms with E-state index in [0.29, 0.717) is 0 Å². The van der Waals surface area contributed by atoms with Crippen LogP contribution in [-0.4, -0.2) is 17.8 Å². The summed E-state index contributed by atoms with van der Waals surface area (Å²) in [7, 11) is 0. The molecule has 0 unspecified atom stereocenters. The Morgan fingerprint density at radius 3 is 2.44 bits per heavy atom. The molecule has 0 radical (unpaired) electrons. The number of hydrogen-bond donors (Lipinski definition) is 0. The first kappa shape index (κ1) is 8.39. The Morgan fingerprint density at radius 2 is 2.11 bits per heavy atom. The number of rotatable bonds is 3. The van der Waals surface area contributed by atoms with Crippen LogP contribution in [0.4, 0.5) is 0 Å². The molecular formula is C4H5ClO4. The van der Waals surface area contributed by atoms with Crippen molar-refractivity contribution in [2.24, 2.45) is 0 Å². The fraction of sp³-hybridized carbons (Fsp3) is 0.500. The van der Waals surface area contributed by atoms with Gasteiger partial charge in [0.05, 0.1) is 0 Å². The number of carbonyl (C=O) groups excluding carboxylic acids is 2. The molecule has 0 aromatic heterocycles. The Hall–Kier alpha value is -0.610. The second-order valence-corrected chi connectivity index (χ2v) is 1.61. The maximum atomic E-state index is 9.92. The predicted molar refractivity (Wildman–Crippen MR) is 28.6 cm³/mol. The van der Waals surface area contributed by atoms with Crippen molar-refractivity contribution >= 4 is 22.8 Å². The second kappa shape index (κ2) is 4.29. The maximum absolute atomic E-state index is 9.92. The van der Waals surface area contributed by atoms with E-state index in [1.54, 1.807) is 0 Å². The fourth-order valence-electron chi connectivity index (χ4n) is 0.159. The zero-order valence-corrected chi connectivity index (χ0v) is 5.47. The van der Waals surface area contributed by atoms with Crippen LogP contribution in [0.3, 0.4) is 0 Å². The molecule has 0 saturated heterocycles. The van der Waals surface area contributed by atoms with Crippen molar-refractivity contribution in [1.82, 2.24) is 0 Å². The molecule has 0 heterocycles. The average Bonchev–Trinajstić information content (AvgIpc) is 1.63. The summed E-state index contributed by atoms with van der Waals surface area (Å²) in [6.45, 7) is 0.736. The van der Waals surface area contributed by atoms with E-state index in [9.17, 15) is 9.59 Å². The lowest BCUT2D eigenvalue weighted by atomic mass is 10.8. The van der Waals surface area contributed by atoms with E-state index in [1.165, 1.54) is 0 Å². The van der Waals surface area contributed by atoms with Crippen LogP contribution in [0.5, 0.6) is 0 Å². The van der Waals surface area contributed by atoms with Gasteiger partial charge in [-0.2, -0.15) is 4.89 Å². The van der Waals surface area contributed by atoms with E-state index in [1.807, 2.05) is 0 Å². The Labute approximate surface area is 56.6 Å². The number of carbonyl (C=O) groups is 2. The van der Waals surface area contributed by atoms with Crippen LogP contribution in [0.15, 0.2) is 0 Å². The topological polar surface area (TPSA) is 52.6 Å². The van der Waals surface area contributed by atoms with E-state index in [0.717, 1.165) is 6.92 Å². The smallest absolute Gasteiger partial charge is 0.298 e. The molecule has 0 rings (SSSR count). The molecule has 0 aliphatic heterocycles. The summed E-state index contributed by atoms with van der Waals surface area (Å²) >= 11 is 4.81. The molecule has 0 bridgehead atoms. The van der Waals surface area contributed by atoms with Crippen LogP contribution < -0.4 is 0 Å². The van der Waals surface area contributed by atoms with Crippen molar-refractivity contribution in [3.63, 3.8) is 0 Å². The summed E-state index contributed by atoms with van der Waals surface area (Å²) in [5.41, 5.74) is 0. The van der Waals surface area contributed by atoms with E-state index in [2.05, 4.69) is 9.78 Å². The third kappa shape index (κ3) is 7.39.